The van der Waals surface area contributed by atoms with E-state index in [0.29, 0.717) is 23.5 Å². The van der Waals surface area contributed by atoms with E-state index in [1.54, 1.807) is 31.2 Å². The van der Waals surface area contributed by atoms with Gasteiger partial charge in [0.05, 0.1) is 16.3 Å². The van der Waals surface area contributed by atoms with Crippen LogP contribution in [-0.2, 0) is 29.4 Å². The van der Waals surface area contributed by atoms with Gasteiger partial charge in [-0.25, -0.2) is 13.1 Å². The summed E-state index contributed by atoms with van der Waals surface area (Å²) in [5, 5.41) is 4.61. The Labute approximate surface area is 183 Å². The van der Waals surface area contributed by atoms with E-state index in [2.05, 4.69) is 9.82 Å². The highest BCUT2D eigenvalue weighted by atomic mass is 32.2. The Hall–Kier alpha value is -2.93. The van der Waals surface area contributed by atoms with Gasteiger partial charge in [-0.2, -0.15) is 5.10 Å². The van der Waals surface area contributed by atoms with Gasteiger partial charge < -0.3 is 0 Å². The zero-order valence-electron chi connectivity index (χ0n) is 18.1. The van der Waals surface area contributed by atoms with Gasteiger partial charge in [0.15, 0.2) is 0 Å². The molecule has 1 N–H and O–H groups in total. The summed E-state index contributed by atoms with van der Waals surface area (Å²) < 4.78 is 30.7. The third kappa shape index (κ3) is 4.02. The molecule has 0 unspecified atom stereocenters. The van der Waals surface area contributed by atoms with E-state index in [0.717, 1.165) is 47.9 Å². The van der Waals surface area contributed by atoms with E-state index in [1.165, 1.54) is 4.68 Å². The molecular formula is C24H27N3O3S. The Bertz CT molecular complexity index is 1310. The van der Waals surface area contributed by atoms with Gasteiger partial charge in [0.2, 0.25) is 0 Å². The van der Waals surface area contributed by atoms with Crippen LogP contribution in [-0.4, -0.2) is 18.2 Å². The first kappa shape index (κ1) is 21.3. The Balaban J connectivity index is 1.84. The minimum atomic E-state index is -3.79. The molecule has 162 valence electrons. The van der Waals surface area contributed by atoms with Crippen LogP contribution < -0.4 is 10.3 Å². The van der Waals surface area contributed by atoms with Crippen LogP contribution in [0.4, 0.5) is 5.69 Å². The average Bonchev–Trinajstić information content (AvgIpc) is 2.76. The van der Waals surface area contributed by atoms with E-state index in [9.17, 15) is 13.2 Å². The van der Waals surface area contributed by atoms with Crippen LogP contribution in [0.15, 0.2) is 52.2 Å². The second-order valence-corrected chi connectivity index (χ2v) is 9.69. The predicted octanol–water partition coefficient (Wildman–Crippen LogP) is 4.23. The molecule has 0 fully saturated rings. The predicted molar refractivity (Wildman–Crippen MR) is 123 cm³/mol. The molecule has 0 aliphatic heterocycles. The highest BCUT2D eigenvalue weighted by Gasteiger charge is 2.23. The minimum Gasteiger partial charge on any atom is -0.279 e. The smallest absolute Gasteiger partial charge is 0.270 e. The number of sulfonamides is 1. The summed E-state index contributed by atoms with van der Waals surface area (Å²) in [4.78, 5) is 13.0. The lowest BCUT2D eigenvalue weighted by Gasteiger charge is -2.20. The number of benzene rings is 2. The zero-order valence-corrected chi connectivity index (χ0v) is 18.9. The van der Waals surface area contributed by atoms with E-state index >= 15 is 0 Å². The number of nitrogens with one attached hydrogen (secondary N) is 1. The SMILES string of the molecule is CCn1nc(-c2ccc(C)c(S(=O)(=O)Nc3ccccc3C)c2)c2c(c1=O)CCCC2. The summed E-state index contributed by atoms with van der Waals surface area (Å²) in [7, 11) is -3.79. The maximum Gasteiger partial charge on any atom is 0.270 e. The summed E-state index contributed by atoms with van der Waals surface area (Å²) in [6.45, 7) is 6.02. The number of rotatable bonds is 5. The summed E-state index contributed by atoms with van der Waals surface area (Å²) in [5.74, 6) is 0. The van der Waals surface area contributed by atoms with Crippen molar-refractivity contribution >= 4 is 15.7 Å². The first-order valence-electron chi connectivity index (χ1n) is 10.6. The molecule has 0 amide bonds. The van der Waals surface area contributed by atoms with Crippen LogP contribution in [0.3, 0.4) is 0 Å². The summed E-state index contributed by atoms with van der Waals surface area (Å²) in [6.07, 6.45) is 3.52. The molecule has 1 aliphatic carbocycles. The van der Waals surface area contributed by atoms with E-state index in [1.807, 2.05) is 32.0 Å². The fourth-order valence-electron chi connectivity index (χ4n) is 4.16. The molecular weight excluding hydrogens is 410 g/mol. The second-order valence-electron chi connectivity index (χ2n) is 8.03. The first-order valence-corrected chi connectivity index (χ1v) is 12.1. The normalized spacial score (nSPS) is 13.6. The third-order valence-electron chi connectivity index (χ3n) is 5.91. The van der Waals surface area contributed by atoms with Crippen molar-refractivity contribution in [2.45, 2.75) is 57.9 Å². The molecule has 0 saturated carbocycles. The number of aromatic nitrogens is 2. The van der Waals surface area contributed by atoms with Crippen molar-refractivity contribution in [1.82, 2.24) is 9.78 Å². The van der Waals surface area contributed by atoms with E-state index in [-0.39, 0.29) is 10.5 Å². The number of fused-ring (bicyclic) bond motifs is 1. The quantitative estimate of drug-likeness (QED) is 0.648. The number of hydrogen-bond donors (Lipinski definition) is 1. The first-order chi connectivity index (χ1) is 14.8. The second kappa shape index (κ2) is 8.30. The van der Waals surface area contributed by atoms with Crippen molar-refractivity contribution in [3.8, 4) is 11.3 Å². The molecule has 0 bridgehead atoms. The van der Waals surface area contributed by atoms with Crippen molar-refractivity contribution in [2.24, 2.45) is 0 Å². The van der Waals surface area contributed by atoms with Crippen molar-refractivity contribution in [3.05, 3.63) is 75.1 Å². The lowest BCUT2D eigenvalue weighted by Crippen LogP contribution is -2.30. The van der Waals surface area contributed by atoms with Gasteiger partial charge in [-0.05, 0) is 75.3 Å². The number of aryl methyl sites for hydroxylation is 3. The van der Waals surface area contributed by atoms with Crippen LogP contribution in [0.5, 0.6) is 0 Å². The molecule has 0 spiro atoms. The summed E-state index contributed by atoms with van der Waals surface area (Å²) in [5.41, 5.74) is 5.25. The van der Waals surface area contributed by atoms with Crippen molar-refractivity contribution in [3.63, 3.8) is 0 Å². The molecule has 1 aliphatic rings. The molecule has 1 heterocycles. The number of nitrogens with zero attached hydrogens (tertiary/aromatic N) is 2. The summed E-state index contributed by atoms with van der Waals surface area (Å²) in [6, 6.07) is 12.7. The van der Waals surface area contributed by atoms with Gasteiger partial charge in [0.1, 0.15) is 0 Å². The van der Waals surface area contributed by atoms with Crippen molar-refractivity contribution in [2.75, 3.05) is 4.72 Å². The molecule has 31 heavy (non-hydrogen) atoms. The Morgan fingerprint density at radius 1 is 1.00 bits per heavy atom. The van der Waals surface area contributed by atoms with Gasteiger partial charge in [-0.15, -0.1) is 0 Å². The highest BCUT2D eigenvalue weighted by molar-refractivity contribution is 7.92. The maximum atomic E-state index is 13.2. The van der Waals surface area contributed by atoms with Crippen molar-refractivity contribution < 1.29 is 8.42 Å². The molecule has 2 aromatic carbocycles. The van der Waals surface area contributed by atoms with Crippen LogP contribution >= 0.6 is 0 Å². The van der Waals surface area contributed by atoms with Crippen LogP contribution in [0.1, 0.15) is 42.0 Å². The van der Waals surface area contributed by atoms with E-state index < -0.39 is 10.0 Å². The molecule has 3 aromatic rings. The highest BCUT2D eigenvalue weighted by Crippen LogP contribution is 2.31. The fourth-order valence-corrected chi connectivity index (χ4v) is 5.56. The summed E-state index contributed by atoms with van der Waals surface area (Å²) >= 11 is 0. The van der Waals surface area contributed by atoms with Gasteiger partial charge >= 0.3 is 0 Å². The van der Waals surface area contributed by atoms with Crippen molar-refractivity contribution in [1.29, 1.82) is 0 Å². The monoisotopic (exact) mass is 437 g/mol. The molecule has 0 radical (unpaired) electrons. The Morgan fingerprint density at radius 3 is 2.42 bits per heavy atom. The molecule has 6 nitrogen and oxygen atoms in total. The fraction of sp³-hybridized carbons (Fsp3) is 0.333. The number of para-hydroxylation sites is 1. The zero-order chi connectivity index (χ0) is 22.2. The number of anilines is 1. The van der Waals surface area contributed by atoms with Gasteiger partial charge in [-0.3, -0.25) is 9.52 Å². The van der Waals surface area contributed by atoms with Crippen LogP contribution in [0.2, 0.25) is 0 Å². The molecule has 0 atom stereocenters. The van der Waals surface area contributed by atoms with Crippen LogP contribution in [0.25, 0.3) is 11.3 Å². The lowest BCUT2D eigenvalue weighted by molar-refractivity contribution is 0.581. The molecule has 7 heteroatoms. The third-order valence-corrected chi connectivity index (χ3v) is 7.41. The van der Waals surface area contributed by atoms with Gasteiger partial charge in [-0.1, -0.05) is 30.3 Å². The largest absolute Gasteiger partial charge is 0.279 e. The minimum absolute atomic E-state index is 0.0258. The molecule has 4 rings (SSSR count). The molecule has 0 saturated heterocycles. The van der Waals surface area contributed by atoms with Gasteiger partial charge in [0.25, 0.3) is 15.6 Å². The topological polar surface area (TPSA) is 81.1 Å². The van der Waals surface area contributed by atoms with Gasteiger partial charge in [0, 0.05) is 17.7 Å². The lowest BCUT2D eigenvalue weighted by atomic mass is 9.89. The van der Waals surface area contributed by atoms with Crippen LogP contribution in [0, 0.1) is 13.8 Å². The number of hydrogen-bond acceptors (Lipinski definition) is 4. The maximum absolute atomic E-state index is 13.2. The standard InChI is InChI=1S/C24H27N3O3S/c1-4-27-24(28)20-11-7-6-10-19(20)23(25-27)18-14-13-17(3)22(15-18)31(29,30)26-21-12-8-5-9-16(21)2/h5,8-9,12-15,26H,4,6-7,10-11H2,1-3H3. The Morgan fingerprint density at radius 2 is 1.71 bits per heavy atom. The average molecular weight is 438 g/mol. The van der Waals surface area contributed by atoms with E-state index in [4.69, 9.17) is 0 Å². The molecule has 1 aromatic heterocycles. The Kier molecular flexibility index (Phi) is 5.71.